The van der Waals surface area contributed by atoms with Gasteiger partial charge >= 0.3 is 4.87 Å². The van der Waals surface area contributed by atoms with Crippen molar-refractivity contribution >= 4 is 11.3 Å². The second-order valence-electron chi connectivity index (χ2n) is 3.19. The van der Waals surface area contributed by atoms with Gasteiger partial charge in [-0.1, -0.05) is 18.3 Å². The molecule has 0 amide bonds. The third-order valence-electron chi connectivity index (χ3n) is 2.29. The first-order chi connectivity index (χ1) is 5.77. The monoisotopic (exact) mass is 185 g/mol. The molecular formula is C7H11N3OS. The van der Waals surface area contributed by atoms with E-state index in [0.717, 1.165) is 18.1 Å². The Morgan fingerprint density at radius 3 is 2.92 bits per heavy atom. The van der Waals surface area contributed by atoms with E-state index < -0.39 is 0 Å². The van der Waals surface area contributed by atoms with E-state index in [0.29, 0.717) is 11.8 Å². The average Bonchev–Trinajstić information content (AvgIpc) is 2.58. The Morgan fingerprint density at radius 2 is 2.42 bits per heavy atom. The number of H-pyrrole nitrogens is 1. The zero-order chi connectivity index (χ0) is 8.55. The number of aromatic amines is 1. The smallest absolute Gasteiger partial charge is 0.316 e. The highest BCUT2D eigenvalue weighted by molar-refractivity contribution is 7.08. The second-order valence-corrected chi connectivity index (χ2v) is 4.19. The molecule has 0 saturated carbocycles. The lowest BCUT2D eigenvalue weighted by Gasteiger charge is -2.08. The van der Waals surface area contributed by atoms with Gasteiger partial charge in [-0.25, -0.2) is 5.10 Å². The third kappa shape index (κ3) is 1.30. The minimum absolute atomic E-state index is 0.0518. The molecule has 0 bridgehead atoms. The van der Waals surface area contributed by atoms with E-state index in [9.17, 15) is 4.79 Å². The Morgan fingerprint density at radius 1 is 1.58 bits per heavy atom. The highest BCUT2D eigenvalue weighted by atomic mass is 32.1. The van der Waals surface area contributed by atoms with Gasteiger partial charge in [0.2, 0.25) is 0 Å². The summed E-state index contributed by atoms with van der Waals surface area (Å²) in [5.74, 6) is 1.01. The quantitative estimate of drug-likeness (QED) is 0.655. The molecule has 0 aromatic carbocycles. The van der Waals surface area contributed by atoms with E-state index in [1.165, 1.54) is 11.3 Å². The van der Waals surface area contributed by atoms with Crippen molar-refractivity contribution in [1.82, 2.24) is 15.5 Å². The van der Waals surface area contributed by atoms with Crippen LogP contribution in [0.3, 0.4) is 0 Å². The van der Waals surface area contributed by atoms with Crippen LogP contribution in [-0.4, -0.2) is 23.3 Å². The normalized spacial score (nSPS) is 29.4. The van der Waals surface area contributed by atoms with Crippen LogP contribution in [0.15, 0.2) is 4.79 Å². The van der Waals surface area contributed by atoms with Crippen molar-refractivity contribution < 1.29 is 0 Å². The van der Waals surface area contributed by atoms with E-state index in [1.54, 1.807) is 0 Å². The Hall–Kier alpha value is -0.680. The number of aromatic nitrogens is 2. The van der Waals surface area contributed by atoms with E-state index in [2.05, 4.69) is 22.4 Å². The molecule has 0 unspecified atom stereocenters. The standard InChI is InChI=1S/C7H11N3OS/c1-4-2-8-3-5(4)6-9-10-7(11)12-6/h4-5,8H,2-3H2,1H3,(H,10,11)/t4-,5+/m1/s1. The molecule has 2 N–H and O–H groups in total. The van der Waals surface area contributed by atoms with Crippen molar-refractivity contribution in [2.45, 2.75) is 12.8 Å². The Balaban J connectivity index is 2.24. The SMILES string of the molecule is C[C@@H]1CNC[C@@H]1c1n[nH]c(=O)s1. The van der Waals surface area contributed by atoms with Gasteiger partial charge in [-0.05, 0) is 12.5 Å². The van der Waals surface area contributed by atoms with E-state index in [-0.39, 0.29) is 4.87 Å². The lowest BCUT2D eigenvalue weighted by molar-refractivity contribution is 0.565. The number of rotatable bonds is 1. The number of hydrogen-bond donors (Lipinski definition) is 2. The highest BCUT2D eigenvalue weighted by Gasteiger charge is 2.27. The van der Waals surface area contributed by atoms with E-state index in [1.807, 2.05) is 0 Å². The zero-order valence-electron chi connectivity index (χ0n) is 6.83. The van der Waals surface area contributed by atoms with Crippen LogP contribution in [0.5, 0.6) is 0 Å². The fourth-order valence-electron chi connectivity index (χ4n) is 1.54. The summed E-state index contributed by atoms with van der Waals surface area (Å²) in [5, 5.41) is 10.7. The number of nitrogens with one attached hydrogen (secondary N) is 2. The van der Waals surface area contributed by atoms with Gasteiger partial charge in [0.1, 0.15) is 5.01 Å². The molecule has 2 atom stereocenters. The van der Waals surface area contributed by atoms with Crippen molar-refractivity contribution in [3.05, 3.63) is 14.7 Å². The molecule has 1 aliphatic rings. The van der Waals surface area contributed by atoms with Crippen molar-refractivity contribution in [1.29, 1.82) is 0 Å². The van der Waals surface area contributed by atoms with Crippen LogP contribution in [0.2, 0.25) is 0 Å². The van der Waals surface area contributed by atoms with Gasteiger partial charge in [0.25, 0.3) is 0 Å². The molecule has 1 aliphatic heterocycles. The summed E-state index contributed by atoms with van der Waals surface area (Å²) < 4.78 is 0. The summed E-state index contributed by atoms with van der Waals surface area (Å²) in [6, 6.07) is 0. The maximum absolute atomic E-state index is 10.8. The maximum atomic E-state index is 10.8. The van der Waals surface area contributed by atoms with Crippen molar-refractivity contribution in [3.63, 3.8) is 0 Å². The Labute approximate surface area is 74.0 Å². The topological polar surface area (TPSA) is 57.8 Å². The first-order valence-electron chi connectivity index (χ1n) is 4.03. The van der Waals surface area contributed by atoms with Crippen molar-refractivity contribution in [2.24, 2.45) is 5.92 Å². The van der Waals surface area contributed by atoms with E-state index >= 15 is 0 Å². The largest absolute Gasteiger partial charge is 0.322 e. The minimum atomic E-state index is -0.0518. The summed E-state index contributed by atoms with van der Waals surface area (Å²) in [5.41, 5.74) is 0. The zero-order valence-corrected chi connectivity index (χ0v) is 7.65. The van der Waals surface area contributed by atoms with Crippen LogP contribution in [0.25, 0.3) is 0 Å². The van der Waals surface area contributed by atoms with Crippen LogP contribution in [0.4, 0.5) is 0 Å². The first-order valence-corrected chi connectivity index (χ1v) is 4.85. The van der Waals surface area contributed by atoms with Gasteiger partial charge in [0.05, 0.1) is 0 Å². The van der Waals surface area contributed by atoms with Gasteiger partial charge < -0.3 is 5.32 Å². The Bertz CT molecular complexity index is 318. The Kier molecular flexibility index (Phi) is 1.98. The van der Waals surface area contributed by atoms with Gasteiger partial charge in [0.15, 0.2) is 0 Å². The molecule has 66 valence electrons. The summed E-state index contributed by atoms with van der Waals surface area (Å²) >= 11 is 1.23. The van der Waals surface area contributed by atoms with Crippen LogP contribution in [-0.2, 0) is 0 Å². The highest BCUT2D eigenvalue weighted by Crippen LogP contribution is 2.26. The fraction of sp³-hybridized carbons (Fsp3) is 0.714. The summed E-state index contributed by atoms with van der Waals surface area (Å²) in [7, 11) is 0. The number of nitrogens with zero attached hydrogens (tertiary/aromatic N) is 1. The molecule has 1 aromatic rings. The molecule has 0 spiro atoms. The first kappa shape index (κ1) is 7.94. The average molecular weight is 185 g/mol. The molecule has 12 heavy (non-hydrogen) atoms. The summed E-state index contributed by atoms with van der Waals surface area (Å²) in [6.45, 7) is 4.15. The van der Waals surface area contributed by atoms with Crippen LogP contribution >= 0.6 is 11.3 Å². The van der Waals surface area contributed by atoms with Crippen LogP contribution in [0, 0.1) is 5.92 Å². The number of hydrogen-bond acceptors (Lipinski definition) is 4. The minimum Gasteiger partial charge on any atom is -0.316 e. The molecular weight excluding hydrogens is 174 g/mol. The predicted molar refractivity (Wildman–Crippen MR) is 47.5 cm³/mol. The summed E-state index contributed by atoms with van der Waals surface area (Å²) in [6.07, 6.45) is 0. The van der Waals surface area contributed by atoms with Gasteiger partial charge in [-0.2, -0.15) is 5.10 Å². The molecule has 0 radical (unpaired) electrons. The predicted octanol–water partition coefficient (Wildman–Crippen LogP) is 0.154. The summed E-state index contributed by atoms with van der Waals surface area (Å²) in [4.78, 5) is 10.8. The molecule has 4 nitrogen and oxygen atoms in total. The van der Waals surface area contributed by atoms with Crippen LogP contribution in [0.1, 0.15) is 17.8 Å². The fourth-order valence-corrected chi connectivity index (χ4v) is 2.38. The van der Waals surface area contributed by atoms with Gasteiger partial charge in [-0.15, -0.1) is 0 Å². The van der Waals surface area contributed by atoms with Gasteiger partial charge in [0, 0.05) is 12.5 Å². The lowest BCUT2D eigenvalue weighted by atomic mass is 9.99. The molecule has 5 heteroatoms. The molecule has 2 rings (SSSR count). The molecule has 1 aromatic heterocycles. The molecule has 1 fully saturated rings. The second kappa shape index (κ2) is 2.99. The third-order valence-corrected chi connectivity index (χ3v) is 3.17. The van der Waals surface area contributed by atoms with Crippen molar-refractivity contribution in [3.8, 4) is 0 Å². The van der Waals surface area contributed by atoms with Crippen molar-refractivity contribution in [2.75, 3.05) is 13.1 Å². The molecule has 0 aliphatic carbocycles. The van der Waals surface area contributed by atoms with Gasteiger partial charge in [-0.3, -0.25) is 4.79 Å². The lowest BCUT2D eigenvalue weighted by Crippen LogP contribution is -2.07. The van der Waals surface area contributed by atoms with E-state index in [4.69, 9.17) is 0 Å². The van der Waals surface area contributed by atoms with Crippen LogP contribution < -0.4 is 10.2 Å². The maximum Gasteiger partial charge on any atom is 0.322 e. The molecule has 2 heterocycles. The molecule has 1 saturated heterocycles.